The lowest BCUT2D eigenvalue weighted by Crippen LogP contribution is -2.05. The maximum atomic E-state index is 4.54. The van der Waals surface area contributed by atoms with Gasteiger partial charge in [0, 0.05) is 29.9 Å². The molecule has 16 heavy (non-hydrogen) atoms. The van der Waals surface area contributed by atoms with E-state index in [0.717, 1.165) is 23.8 Å². The lowest BCUT2D eigenvalue weighted by atomic mass is 9.97. The molecule has 2 heterocycles. The minimum Gasteiger partial charge on any atom is -0.314 e. The Kier molecular flexibility index (Phi) is 2.40. The van der Waals surface area contributed by atoms with Gasteiger partial charge in [0.25, 0.3) is 0 Å². The Morgan fingerprint density at radius 3 is 3.06 bits per heavy atom. The van der Waals surface area contributed by atoms with Crippen molar-refractivity contribution in [1.29, 1.82) is 0 Å². The number of aromatic nitrogens is 3. The van der Waals surface area contributed by atoms with Gasteiger partial charge >= 0.3 is 0 Å². The Morgan fingerprint density at radius 1 is 1.38 bits per heavy atom. The van der Waals surface area contributed by atoms with E-state index in [1.165, 1.54) is 24.1 Å². The van der Waals surface area contributed by atoms with E-state index >= 15 is 0 Å². The van der Waals surface area contributed by atoms with E-state index in [1.807, 2.05) is 23.3 Å². The van der Waals surface area contributed by atoms with Crippen LogP contribution in [0.2, 0.25) is 0 Å². The third-order valence-corrected chi connectivity index (χ3v) is 3.71. The number of thiazole rings is 1. The maximum Gasteiger partial charge on any atom is 0.188 e. The first kappa shape index (κ1) is 9.84. The third kappa shape index (κ3) is 1.61. The van der Waals surface area contributed by atoms with Crippen LogP contribution in [0, 0.1) is 0 Å². The van der Waals surface area contributed by atoms with Crippen molar-refractivity contribution in [2.45, 2.75) is 25.7 Å². The molecule has 0 fully saturated rings. The van der Waals surface area contributed by atoms with Crippen LogP contribution in [-0.2, 0) is 19.9 Å². The Morgan fingerprint density at radius 2 is 2.25 bits per heavy atom. The zero-order chi connectivity index (χ0) is 11.0. The van der Waals surface area contributed by atoms with Crippen molar-refractivity contribution in [3.63, 3.8) is 0 Å². The van der Waals surface area contributed by atoms with Gasteiger partial charge in [0.15, 0.2) is 10.9 Å². The molecule has 0 bridgehead atoms. The second kappa shape index (κ2) is 3.90. The van der Waals surface area contributed by atoms with Crippen LogP contribution < -0.4 is 5.32 Å². The molecule has 4 nitrogen and oxygen atoms in total. The summed E-state index contributed by atoms with van der Waals surface area (Å²) in [5.74, 6) is 0.993. The summed E-state index contributed by atoms with van der Waals surface area (Å²) in [7, 11) is 2.02. The fourth-order valence-electron chi connectivity index (χ4n) is 2.26. The molecule has 2 aromatic rings. The molecule has 5 heteroatoms. The molecule has 0 radical (unpaired) electrons. The predicted molar refractivity (Wildman–Crippen MR) is 65.2 cm³/mol. The Hall–Kier alpha value is -1.36. The Balaban J connectivity index is 1.95. The highest BCUT2D eigenvalue weighted by molar-refractivity contribution is 7.13. The van der Waals surface area contributed by atoms with Gasteiger partial charge in [-0.05, 0) is 25.7 Å². The third-order valence-electron chi connectivity index (χ3n) is 3.02. The van der Waals surface area contributed by atoms with Gasteiger partial charge in [0.1, 0.15) is 0 Å². The fourth-order valence-corrected chi connectivity index (χ4v) is 2.79. The second-order valence-electron chi connectivity index (χ2n) is 4.07. The summed E-state index contributed by atoms with van der Waals surface area (Å²) in [6, 6.07) is 0. The van der Waals surface area contributed by atoms with Gasteiger partial charge in [-0.3, -0.25) is 4.68 Å². The zero-order valence-corrected chi connectivity index (χ0v) is 10.0. The number of nitrogens with one attached hydrogen (secondary N) is 1. The molecule has 0 saturated heterocycles. The van der Waals surface area contributed by atoms with Crippen LogP contribution in [-0.4, -0.2) is 14.8 Å². The van der Waals surface area contributed by atoms with E-state index in [9.17, 15) is 0 Å². The van der Waals surface area contributed by atoms with Gasteiger partial charge < -0.3 is 5.32 Å². The molecule has 84 valence electrons. The molecule has 2 aromatic heterocycles. The second-order valence-corrected chi connectivity index (χ2v) is 4.96. The van der Waals surface area contributed by atoms with Crippen LogP contribution in [0.4, 0.5) is 10.9 Å². The highest BCUT2D eigenvalue weighted by Crippen LogP contribution is 2.29. The van der Waals surface area contributed by atoms with E-state index in [4.69, 9.17) is 0 Å². The number of anilines is 2. The maximum absolute atomic E-state index is 4.54. The summed E-state index contributed by atoms with van der Waals surface area (Å²) in [5, 5.41) is 10.7. The monoisotopic (exact) mass is 234 g/mol. The largest absolute Gasteiger partial charge is 0.314 e. The Bertz CT molecular complexity index is 486. The number of hydrogen-bond acceptors (Lipinski definition) is 4. The van der Waals surface area contributed by atoms with Gasteiger partial charge in [-0.1, -0.05) is 0 Å². The molecular formula is C11H14N4S. The normalized spacial score (nSPS) is 14.8. The van der Waals surface area contributed by atoms with Gasteiger partial charge in [-0.15, -0.1) is 11.3 Å². The van der Waals surface area contributed by atoms with Crippen molar-refractivity contribution in [3.05, 3.63) is 22.8 Å². The SMILES string of the molecule is Cn1nc(Nc2nccs2)c2c1CCCC2. The molecule has 0 amide bonds. The molecule has 1 aliphatic rings. The van der Waals surface area contributed by atoms with Crippen LogP contribution in [0.1, 0.15) is 24.1 Å². The molecule has 3 rings (SSSR count). The van der Waals surface area contributed by atoms with Gasteiger partial charge in [-0.2, -0.15) is 5.10 Å². The molecular weight excluding hydrogens is 220 g/mol. The average Bonchev–Trinajstić information content (AvgIpc) is 2.90. The number of aryl methyl sites for hydroxylation is 1. The highest BCUT2D eigenvalue weighted by Gasteiger charge is 2.19. The highest BCUT2D eigenvalue weighted by atomic mass is 32.1. The quantitative estimate of drug-likeness (QED) is 0.868. The van der Waals surface area contributed by atoms with Crippen LogP contribution in [0.5, 0.6) is 0 Å². The summed E-state index contributed by atoms with van der Waals surface area (Å²) < 4.78 is 2.00. The lowest BCUT2D eigenvalue weighted by molar-refractivity contribution is 0.626. The number of hydrogen-bond donors (Lipinski definition) is 1. The smallest absolute Gasteiger partial charge is 0.188 e. The first-order valence-corrected chi connectivity index (χ1v) is 6.44. The van der Waals surface area contributed by atoms with E-state index in [1.54, 1.807) is 11.3 Å². The topological polar surface area (TPSA) is 42.7 Å². The van der Waals surface area contributed by atoms with Gasteiger partial charge in [-0.25, -0.2) is 4.98 Å². The summed E-state index contributed by atoms with van der Waals surface area (Å²) in [5.41, 5.74) is 2.76. The van der Waals surface area contributed by atoms with Crippen molar-refractivity contribution < 1.29 is 0 Å². The van der Waals surface area contributed by atoms with Crippen LogP contribution >= 0.6 is 11.3 Å². The molecule has 0 atom stereocenters. The van der Waals surface area contributed by atoms with E-state index in [0.29, 0.717) is 0 Å². The standard InChI is InChI=1S/C11H14N4S/c1-15-9-5-3-2-4-8(9)10(14-15)13-11-12-6-7-16-11/h6-7H,2-5H2,1H3,(H,12,13,14). The van der Waals surface area contributed by atoms with Crippen molar-refractivity contribution in [1.82, 2.24) is 14.8 Å². The minimum atomic E-state index is 0.923. The molecule has 0 aliphatic heterocycles. The average molecular weight is 234 g/mol. The van der Waals surface area contributed by atoms with Gasteiger partial charge in [0.2, 0.25) is 0 Å². The molecule has 0 spiro atoms. The summed E-state index contributed by atoms with van der Waals surface area (Å²) in [6.07, 6.45) is 6.64. The first-order chi connectivity index (χ1) is 7.84. The van der Waals surface area contributed by atoms with E-state index in [-0.39, 0.29) is 0 Å². The fraction of sp³-hybridized carbons (Fsp3) is 0.455. The number of rotatable bonds is 2. The predicted octanol–water partition coefficient (Wildman–Crippen LogP) is 2.50. The minimum absolute atomic E-state index is 0.923. The zero-order valence-electron chi connectivity index (χ0n) is 9.23. The first-order valence-electron chi connectivity index (χ1n) is 5.56. The van der Waals surface area contributed by atoms with Crippen molar-refractivity contribution in [2.24, 2.45) is 7.05 Å². The van der Waals surface area contributed by atoms with Crippen LogP contribution in [0.3, 0.4) is 0 Å². The van der Waals surface area contributed by atoms with E-state index in [2.05, 4.69) is 15.4 Å². The van der Waals surface area contributed by atoms with Crippen LogP contribution in [0.15, 0.2) is 11.6 Å². The van der Waals surface area contributed by atoms with Crippen molar-refractivity contribution in [3.8, 4) is 0 Å². The number of fused-ring (bicyclic) bond motifs is 1. The molecule has 0 unspecified atom stereocenters. The Labute approximate surface area is 98.3 Å². The van der Waals surface area contributed by atoms with Crippen LogP contribution in [0.25, 0.3) is 0 Å². The molecule has 1 aliphatic carbocycles. The van der Waals surface area contributed by atoms with Crippen molar-refractivity contribution >= 4 is 22.3 Å². The molecule has 0 saturated carbocycles. The summed E-state index contributed by atoms with van der Waals surface area (Å²) in [4.78, 5) is 4.23. The molecule has 0 aromatic carbocycles. The number of nitrogens with zero attached hydrogens (tertiary/aromatic N) is 3. The lowest BCUT2D eigenvalue weighted by Gasteiger charge is -2.12. The molecule has 1 N–H and O–H groups in total. The summed E-state index contributed by atoms with van der Waals surface area (Å²) in [6.45, 7) is 0. The van der Waals surface area contributed by atoms with E-state index < -0.39 is 0 Å². The van der Waals surface area contributed by atoms with Crippen molar-refractivity contribution in [2.75, 3.05) is 5.32 Å². The summed E-state index contributed by atoms with van der Waals surface area (Å²) >= 11 is 1.61. The van der Waals surface area contributed by atoms with Gasteiger partial charge in [0.05, 0.1) is 0 Å².